The van der Waals surface area contributed by atoms with E-state index in [2.05, 4.69) is 34.6 Å². The van der Waals surface area contributed by atoms with E-state index in [1.165, 1.54) is 32.1 Å². The van der Waals surface area contributed by atoms with Crippen LogP contribution in [0, 0.1) is 11.8 Å². The van der Waals surface area contributed by atoms with Crippen LogP contribution < -0.4 is 0 Å². The Hall–Kier alpha value is -0.0800. The smallest absolute Gasteiger partial charge is 0.157 e. The van der Waals surface area contributed by atoms with Gasteiger partial charge < -0.3 is 9.47 Å². The molecule has 0 amide bonds. The molecule has 0 saturated carbocycles. The van der Waals surface area contributed by atoms with Gasteiger partial charge in [0.15, 0.2) is 6.29 Å². The lowest BCUT2D eigenvalue weighted by molar-refractivity contribution is -0.152. The molecule has 0 aromatic carbocycles. The summed E-state index contributed by atoms with van der Waals surface area (Å²) >= 11 is 0. The molecule has 0 fully saturated rings. The molecule has 2 nitrogen and oxygen atoms in total. The van der Waals surface area contributed by atoms with Gasteiger partial charge >= 0.3 is 0 Å². The molecule has 0 rings (SSSR count). The van der Waals surface area contributed by atoms with E-state index in [1.807, 2.05) is 0 Å². The molecular formula is C18H38O2. The van der Waals surface area contributed by atoms with Gasteiger partial charge in [-0.3, -0.25) is 0 Å². The number of hydrogen-bond acceptors (Lipinski definition) is 2. The SMILES string of the molecule is CCCCOC(CC(C)CCCC(C)C)OCCCC. The van der Waals surface area contributed by atoms with Crippen molar-refractivity contribution in [2.45, 2.75) is 92.3 Å². The lowest BCUT2D eigenvalue weighted by Gasteiger charge is -2.22. The first kappa shape index (κ1) is 19.9. The third-order valence-electron chi connectivity index (χ3n) is 3.68. The van der Waals surface area contributed by atoms with Crippen molar-refractivity contribution in [3.8, 4) is 0 Å². The van der Waals surface area contributed by atoms with Crippen LogP contribution in [0.4, 0.5) is 0 Å². The minimum absolute atomic E-state index is 0.0159. The van der Waals surface area contributed by atoms with Crippen molar-refractivity contribution in [3.63, 3.8) is 0 Å². The first-order valence-electron chi connectivity index (χ1n) is 8.83. The zero-order chi connectivity index (χ0) is 15.2. The maximum absolute atomic E-state index is 5.90. The zero-order valence-electron chi connectivity index (χ0n) is 14.6. The fraction of sp³-hybridized carbons (Fsp3) is 1.00. The van der Waals surface area contributed by atoms with Crippen LogP contribution in [0.25, 0.3) is 0 Å². The molecule has 0 aliphatic rings. The highest BCUT2D eigenvalue weighted by Crippen LogP contribution is 2.19. The largest absolute Gasteiger partial charge is 0.353 e. The number of hydrogen-bond donors (Lipinski definition) is 0. The Morgan fingerprint density at radius 2 is 1.30 bits per heavy atom. The summed E-state index contributed by atoms with van der Waals surface area (Å²) in [6.45, 7) is 13.0. The van der Waals surface area contributed by atoms with Gasteiger partial charge in [0.25, 0.3) is 0 Å². The molecule has 0 N–H and O–H groups in total. The van der Waals surface area contributed by atoms with Crippen molar-refractivity contribution >= 4 is 0 Å². The molecule has 0 saturated heterocycles. The van der Waals surface area contributed by atoms with Gasteiger partial charge in [-0.2, -0.15) is 0 Å². The lowest BCUT2D eigenvalue weighted by atomic mass is 9.97. The highest BCUT2D eigenvalue weighted by Gasteiger charge is 2.14. The lowest BCUT2D eigenvalue weighted by Crippen LogP contribution is -2.21. The van der Waals surface area contributed by atoms with Crippen LogP contribution in [-0.2, 0) is 9.47 Å². The van der Waals surface area contributed by atoms with E-state index in [1.54, 1.807) is 0 Å². The maximum Gasteiger partial charge on any atom is 0.157 e. The molecule has 0 aromatic heterocycles. The van der Waals surface area contributed by atoms with Gasteiger partial charge in [0.1, 0.15) is 0 Å². The summed E-state index contributed by atoms with van der Waals surface area (Å²) in [7, 11) is 0. The summed E-state index contributed by atoms with van der Waals surface area (Å²) in [5.41, 5.74) is 0. The summed E-state index contributed by atoms with van der Waals surface area (Å²) < 4.78 is 11.8. The number of rotatable bonds is 14. The average molecular weight is 286 g/mol. The van der Waals surface area contributed by atoms with Gasteiger partial charge in [0.2, 0.25) is 0 Å². The first-order valence-corrected chi connectivity index (χ1v) is 8.83. The predicted molar refractivity (Wildman–Crippen MR) is 88.0 cm³/mol. The molecule has 0 bridgehead atoms. The fourth-order valence-electron chi connectivity index (χ4n) is 2.22. The summed E-state index contributed by atoms with van der Waals surface area (Å²) in [4.78, 5) is 0. The summed E-state index contributed by atoms with van der Waals surface area (Å²) in [5.74, 6) is 1.52. The third-order valence-corrected chi connectivity index (χ3v) is 3.68. The molecule has 2 heteroatoms. The molecule has 0 spiro atoms. The monoisotopic (exact) mass is 286 g/mol. The van der Waals surface area contributed by atoms with Gasteiger partial charge in [-0.25, -0.2) is 0 Å². The van der Waals surface area contributed by atoms with Gasteiger partial charge in [-0.05, 0) is 24.7 Å². The topological polar surface area (TPSA) is 18.5 Å². The molecular weight excluding hydrogens is 248 g/mol. The minimum atomic E-state index is 0.0159. The predicted octanol–water partition coefficient (Wildman–Crippen LogP) is 5.80. The molecule has 122 valence electrons. The van der Waals surface area contributed by atoms with E-state index in [9.17, 15) is 0 Å². The highest BCUT2D eigenvalue weighted by molar-refractivity contribution is 4.59. The van der Waals surface area contributed by atoms with Crippen LogP contribution in [0.3, 0.4) is 0 Å². The van der Waals surface area contributed by atoms with Crippen LogP contribution in [0.2, 0.25) is 0 Å². The third kappa shape index (κ3) is 12.9. The van der Waals surface area contributed by atoms with E-state index in [-0.39, 0.29) is 6.29 Å². The Morgan fingerprint density at radius 3 is 1.75 bits per heavy atom. The van der Waals surface area contributed by atoms with Crippen LogP contribution in [-0.4, -0.2) is 19.5 Å². The fourth-order valence-corrected chi connectivity index (χ4v) is 2.22. The Labute approximate surface area is 127 Å². The second-order valence-corrected chi connectivity index (χ2v) is 6.54. The summed E-state index contributed by atoms with van der Waals surface area (Å²) in [5, 5.41) is 0. The number of unbranched alkanes of at least 4 members (excludes halogenated alkanes) is 2. The van der Waals surface area contributed by atoms with Gasteiger partial charge in [0, 0.05) is 19.6 Å². The standard InChI is InChI=1S/C18H38O2/c1-6-8-13-19-18(20-14-9-7-2)15-17(5)12-10-11-16(3)4/h16-18H,6-15H2,1-5H3. The van der Waals surface area contributed by atoms with Crippen molar-refractivity contribution in [1.82, 2.24) is 0 Å². The maximum atomic E-state index is 5.90. The van der Waals surface area contributed by atoms with E-state index in [0.29, 0.717) is 5.92 Å². The van der Waals surface area contributed by atoms with Crippen LogP contribution in [0.5, 0.6) is 0 Å². The van der Waals surface area contributed by atoms with Crippen LogP contribution >= 0.6 is 0 Å². The van der Waals surface area contributed by atoms with Crippen LogP contribution in [0.15, 0.2) is 0 Å². The van der Waals surface area contributed by atoms with E-state index in [0.717, 1.165) is 38.4 Å². The summed E-state index contributed by atoms with van der Waals surface area (Å²) in [6, 6.07) is 0. The normalized spacial score (nSPS) is 13.3. The number of ether oxygens (including phenoxy) is 2. The highest BCUT2D eigenvalue weighted by atomic mass is 16.7. The van der Waals surface area contributed by atoms with Crippen LogP contribution in [0.1, 0.15) is 86.0 Å². The molecule has 0 aromatic rings. The Kier molecular flexibility index (Phi) is 13.8. The minimum Gasteiger partial charge on any atom is -0.353 e. The van der Waals surface area contributed by atoms with Gasteiger partial charge in [-0.1, -0.05) is 66.7 Å². The second kappa shape index (κ2) is 13.9. The van der Waals surface area contributed by atoms with Gasteiger partial charge in [0.05, 0.1) is 0 Å². The first-order chi connectivity index (χ1) is 9.60. The Morgan fingerprint density at radius 1 is 0.750 bits per heavy atom. The zero-order valence-corrected chi connectivity index (χ0v) is 14.6. The Balaban J connectivity index is 3.90. The van der Waals surface area contributed by atoms with Gasteiger partial charge in [-0.15, -0.1) is 0 Å². The molecule has 1 unspecified atom stereocenters. The van der Waals surface area contributed by atoms with Crippen molar-refractivity contribution in [2.24, 2.45) is 11.8 Å². The molecule has 0 heterocycles. The van der Waals surface area contributed by atoms with Crippen molar-refractivity contribution in [1.29, 1.82) is 0 Å². The van der Waals surface area contributed by atoms with E-state index < -0.39 is 0 Å². The Bertz CT molecular complexity index is 182. The quantitative estimate of drug-likeness (QED) is 0.297. The molecule has 1 atom stereocenters. The van der Waals surface area contributed by atoms with Crippen molar-refractivity contribution in [3.05, 3.63) is 0 Å². The summed E-state index contributed by atoms with van der Waals surface area (Å²) in [6.07, 6.45) is 9.66. The molecule has 0 radical (unpaired) electrons. The van der Waals surface area contributed by atoms with Crippen molar-refractivity contribution in [2.75, 3.05) is 13.2 Å². The van der Waals surface area contributed by atoms with E-state index in [4.69, 9.17) is 9.47 Å². The van der Waals surface area contributed by atoms with E-state index >= 15 is 0 Å². The second-order valence-electron chi connectivity index (χ2n) is 6.54. The molecule has 20 heavy (non-hydrogen) atoms. The molecule has 0 aliphatic heterocycles. The average Bonchev–Trinajstić information content (AvgIpc) is 2.38. The molecule has 0 aliphatic carbocycles. The van der Waals surface area contributed by atoms with Crippen molar-refractivity contribution < 1.29 is 9.47 Å².